The van der Waals surface area contributed by atoms with Gasteiger partial charge in [0.2, 0.25) is 0 Å². The van der Waals surface area contributed by atoms with Crippen LogP contribution >= 0.6 is 0 Å². The molecule has 1 aliphatic rings. The molecule has 1 aromatic carbocycles. The third kappa shape index (κ3) is 2.85. The Morgan fingerprint density at radius 2 is 2.00 bits per heavy atom. The molecule has 1 unspecified atom stereocenters. The standard InChI is InChI=1S/C11H10O5S/c12-11(13)3-6-17(14)8-1-2-9-10(7-8)16-5-4-15-9/h1-3,6-7H,4-5H2,(H,12,13)/b6-3+. The molecular weight excluding hydrogens is 244 g/mol. The van der Waals surface area contributed by atoms with Crippen LogP contribution in [-0.2, 0) is 15.6 Å². The summed E-state index contributed by atoms with van der Waals surface area (Å²) in [6.45, 7) is 0.947. The van der Waals surface area contributed by atoms with Crippen molar-refractivity contribution in [1.29, 1.82) is 0 Å². The molecule has 2 rings (SSSR count). The van der Waals surface area contributed by atoms with Gasteiger partial charge in [-0.2, -0.15) is 0 Å². The second kappa shape index (κ2) is 5.01. The highest BCUT2D eigenvalue weighted by Gasteiger charge is 2.13. The first-order valence-corrected chi connectivity index (χ1v) is 6.09. The van der Waals surface area contributed by atoms with Gasteiger partial charge in [-0.15, -0.1) is 0 Å². The zero-order valence-electron chi connectivity index (χ0n) is 8.79. The Morgan fingerprint density at radius 1 is 1.29 bits per heavy atom. The van der Waals surface area contributed by atoms with Crippen molar-refractivity contribution in [3.63, 3.8) is 0 Å². The maximum atomic E-state index is 11.7. The van der Waals surface area contributed by atoms with Crippen molar-refractivity contribution in [1.82, 2.24) is 0 Å². The molecule has 0 bridgehead atoms. The average molecular weight is 254 g/mol. The minimum absolute atomic E-state index is 0.452. The number of rotatable bonds is 3. The summed E-state index contributed by atoms with van der Waals surface area (Å²) >= 11 is 0. The van der Waals surface area contributed by atoms with Crippen LogP contribution in [0.5, 0.6) is 11.5 Å². The van der Waals surface area contributed by atoms with Crippen LogP contribution in [0, 0.1) is 0 Å². The Balaban J connectivity index is 2.22. The molecule has 0 aromatic heterocycles. The van der Waals surface area contributed by atoms with Crippen LogP contribution in [0.15, 0.2) is 34.6 Å². The smallest absolute Gasteiger partial charge is 0.328 e. The van der Waals surface area contributed by atoms with Gasteiger partial charge in [-0.25, -0.2) is 9.00 Å². The second-order valence-electron chi connectivity index (χ2n) is 3.24. The fraction of sp³-hybridized carbons (Fsp3) is 0.182. The molecule has 0 spiro atoms. The van der Waals surface area contributed by atoms with Gasteiger partial charge >= 0.3 is 5.97 Å². The van der Waals surface area contributed by atoms with E-state index >= 15 is 0 Å². The normalized spacial score (nSPS) is 15.8. The lowest BCUT2D eigenvalue weighted by atomic mass is 10.3. The fourth-order valence-corrected chi connectivity index (χ4v) is 2.17. The molecule has 0 saturated heterocycles. The lowest BCUT2D eigenvalue weighted by Gasteiger charge is -2.18. The van der Waals surface area contributed by atoms with Crippen molar-refractivity contribution >= 4 is 16.8 Å². The van der Waals surface area contributed by atoms with Crippen molar-refractivity contribution in [3.05, 3.63) is 29.7 Å². The molecule has 1 aromatic rings. The van der Waals surface area contributed by atoms with E-state index in [-0.39, 0.29) is 0 Å². The SMILES string of the molecule is O=C(O)/C=C/S(=O)c1ccc2c(c1)OCCO2. The number of hydrogen-bond acceptors (Lipinski definition) is 4. The lowest BCUT2D eigenvalue weighted by Crippen LogP contribution is -2.15. The molecule has 5 nitrogen and oxygen atoms in total. The van der Waals surface area contributed by atoms with Crippen LogP contribution in [0.25, 0.3) is 0 Å². The molecule has 17 heavy (non-hydrogen) atoms. The van der Waals surface area contributed by atoms with Gasteiger partial charge in [-0.1, -0.05) is 0 Å². The third-order valence-electron chi connectivity index (χ3n) is 2.08. The molecule has 0 radical (unpaired) electrons. The van der Waals surface area contributed by atoms with E-state index in [1.807, 2.05) is 0 Å². The Kier molecular flexibility index (Phi) is 3.43. The highest BCUT2D eigenvalue weighted by molar-refractivity contribution is 7.88. The third-order valence-corrected chi connectivity index (χ3v) is 3.18. The van der Waals surface area contributed by atoms with Crippen molar-refractivity contribution in [3.8, 4) is 11.5 Å². The zero-order chi connectivity index (χ0) is 12.3. The number of fused-ring (bicyclic) bond motifs is 1. The van der Waals surface area contributed by atoms with Crippen LogP contribution in [0.3, 0.4) is 0 Å². The molecule has 0 amide bonds. The van der Waals surface area contributed by atoms with E-state index in [0.29, 0.717) is 29.6 Å². The summed E-state index contributed by atoms with van der Waals surface area (Å²) in [7, 11) is -1.50. The van der Waals surface area contributed by atoms with Crippen LogP contribution in [-0.4, -0.2) is 28.5 Å². The van der Waals surface area contributed by atoms with Crippen LogP contribution in [0.2, 0.25) is 0 Å². The Morgan fingerprint density at radius 3 is 2.71 bits per heavy atom. The molecule has 90 valence electrons. The minimum Gasteiger partial charge on any atom is -0.486 e. The maximum absolute atomic E-state index is 11.7. The van der Waals surface area contributed by atoms with Crippen molar-refractivity contribution in [2.24, 2.45) is 0 Å². The van der Waals surface area contributed by atoms with E-state index in [9.17, 15) is 9.00 Å². The van der Waals surface area contributed by atoms with Gasteiger partial charge in [-0.3, -0.25) is 0 Å². The summed E-state index contributed by atoms with van der Waals surface area (Å²) in [5.41, 5.74) is 0. The summed E-state index contributed by atoms with van der Waals surface area (Å²) < 4.78 is 22.4. The van der Waals surface area contributed by atoms with E-state index in [0.717, 1.165) is 11.5 Å². The van der Waals surface area contributed by atoms with Gasteiger partial charge in [0.25, 0.3) is 0 Å². The fourth-order valence-electron chi connectivity index (χ4n) is 1.35. The first kappa shape index (κ1) is 11.7. The number of carbonyl (C=O) groups is 1. The molecule has 6 heteroatoms. The zero-order valence-corrected chi connectivity index (χ0v) is 9.61. The monoisotopic (exact) mass is 254 g/mol. The van der Waals surface area contributed by atoms with E-state index in [2.05, 4.69) is 0 Å². The van der Waals surface area contributed by atoms with Crippen LogP contribution in [0.1, 0.15) is 0 Å². The second-order valence-corrected chi connectivity index (χ2v) is 4.58. The summed E-state index contributed by atoms with van der Waals surface area (Å²) in [5, 5.41) is 9.55. The van der Waals surface area contributed by atoms with E-state index in [1.54, 1.807) is 18.2 Å². The van der Waals surface area contributed by atoms with Gasteiger partial charge in [-0.05, 0) is 12.1 Å². The molecule has 0 saturated carbocycles. The molecule has 1 aliphatic heterocycles. The molecule has 1 heterocycles. The highest BCUT2D eigenvalue weighted by atomic mass is 32.2. The lowest BCUT2D eigenvalue weighted by molar-refractivity contribution is -0.131. The Hall–Kier alpha value is -1.82. The Bertz CT molecular complexity index is 495. The average Bonchev–Trinajstić information content (AvgIpc) is 2.35. The van der Waals surface area contributed by atoms with Crippen molar-refractivity contribution in [2.45, 2.75) is 4.90 Å². The Labute approximate surface area is 100 Å². The topological polar surface area (TPSA) is 72.8 Å². The van der Waals surface area contributed by atoms with Crippen LogP contribution in [0.4, 0.5) is 0 Å². The summed E-state index contributed by atoms with van der Waals surface area (Å²) in [6, 6.07) is 4.88. The summed E-state index contributed by atoms with van der Waals surface area (Å²) in [4.78, 5) is 10.8. The quantitative estimate of drug-likeness (QED) is 0.819. The summed E-state index contributed by atoms with van der Waals surface area (Å²) in [5.74, 6) is 0.0148. The van der Waals surface area contributed by atoms with Crippen LogP contribution < -0.4 is 9.47 Å². The van der Waals surface area contributed by atoms with Gasteiger partial charge in [0.05, 0.1) is 10.8 Å². The molecule has 1 N–H and O–H groups in total. The van der Waals surface area contributed by atoms with Crippen molar-refractivity contribution in [2.75, 3.05) is 13.2 Å². The number of carboxylic acid groups (broad SMARTS) is 1. The predicted octanol–water partition coefficient (Wildman–Crippen LogP) is 1.16. The number of ether oxygens (including phenoxy) is 2. The number of aliphatic carboxylic acids is 1. The molecule has 0 fully saturated rings. The van der Waals surface area contributed by atoms with E-state index in [1.165, 1.54) is 0 Å². The predicted molar refractivity (Wildman–Crippen MR) is 60.6 cm³/mol. The number of carboxylic acids is 1. The molecular formula is C11H10O5S. The van der Waals surface area contributed by atoms with E-state index < -0.39 is 16.8 Å². The van der Waals surface area contributed by atoms with Crippen molar-refractivity contribution < 1.29 is 23.6 Å². The summed E-state index contributed by atoms with van der Waals surface area (Å²) in [6.07, 6.45) is 0.854. The number of hydrogen-bond donors (Lipinski definition) is 1. The van der Waals surface area contributed by atoms with Gasteiger partial charge < -0.3 is 14.6 Å². The largest absolute Gasteiger partial charge is 0.486 e. The van der Waals surface area contributed by atoms with Gasteiger partial charge in [0.15, 0.2) is 11.5 Å². The molecule has 1 atom stereocenters. The number of benzene rings is 1. The van der Waals surface area contributed by atoms with E-state index in [4.69, 9.17) is 14.6 Å². The first-order chi connectivity index (χ1) is 8.16. The first-order valence-electron chi connectivity index (χ1n) is 4.88. The minimum atomic E-state index is -1.50. The maximum Gasteiger partial charge on any atom is 0.328 e. The highest BCUT2D eigenvalue weighted by Crippen LogP contribution is 2.31. The van der Waals surface area contributed by atoms with Gasteiger partial charge in [0, 0.05) is 22.4 Å². The molecule has 0 aliphatic carbocycles. The van der Waals surface area contributed by atoms with Gasteiger partial charge in [0.1, 0.15) is 13.2 Å².